The van der Waals surface area contributed by atoms with Gasteiger partial charge in [0.05, 0.1) is 4.91 Å². The molecule has 0 aromatic heterocycles. The van der Waals surface area contributed by atoms with Crippen molar-refractivity contribution in [2.45, 2.75) is 24.5 Å². The largest absolute Gasteiger partial charge is 0.129 e. The van der Waals surface area contributed by atoms with Gasteiger partial charge >= 0.3 is 0 Å². The number of rotatable bonds is 3. The summed E-state index contributed by atoms with van der Waals surface area (Å²) in [6, 6.07) is 20.8. The average molecular weight is 309 g/mol. The number of thioether (sulfide) groups is 1. The summed E-state index contributed by atoms with van der Waals surface area (Å²) in [7, 11) is -1.37. The van der Waals surface area contributed by atoms with Crippen LogP contribution in [0.15, 0.2) is 70.5 Å². The predicted molar refractivity (Wildman–Crippen MR) is 97.8 cm³/mol. The molecular formula is C19H20SSi. The molecule has 0 saturated carbocycles. The minimum atomic E-state index is -1.37. The lowest BCUT2D eigenvalue weighted by Gasteiger charge is -2.05. The summed E-state index contributed by atoms with van der Waals surface area (Å²) in [5.74, 6) is 3.39. The van der Waals surface area contributed by atoms with Crippen LogP contribution in [0, 0.1) is 11.5 Å². The van der Waals surface area contributed by atoms with Crippen molar-refractivity contribution < 1.29 is 0 Å². The SMILES string of the molecule is C[Si](C)(C)C#C/C(=C/c1ccccc1)Sc1ccccc1. The molecule has 0 spiro atoms. The summed E-state index contributed by atoms with van der Waals surface area (Å²) in [5.41, 5.74) is 4.66. The second-order valence-electron chi connectivity index (χ2n) is 5.83. The van der Waals surface area contributed by atoms with Crippen molar-refractivity contribution in [3.8, 4) is 11.5 Å². The first-order valence-electron chi connectivity index (χ1n) is 7.06. The molecule has 0 nitrogen and oxygen atoms in total. The van der Waals surface area contributed by atoms with Crippen LogP contribution in [0.2, 0.25) is 19.6 Å². The lowest BCUT2D eigenvalue weighted by molar-refractivity contribution is 1.47. The van der Waals surface area contributed by atoms with Gasteiger partial charge in [-0.15, -0.1) is 5.54 Å². The Morgan fingerprint density at radius 2 is 1.48 bits per heavy atom. The van der Waals surface area contributed by atoms with Crippen LogP contribution >= 0.6 is 11.8 Å². The van der Waals surface area contributed by atoms with Crippen LogP contribution in [0.4, 0.5) is 0 Å². The average Bonchev–Trinajstić information content (AvgIpc) is 2.46. The zero-order chi connectivity index (χ0) is 15.1. The van der Waals surface area contributed by atoms with Gasteiger partial charge in [-0.25, -0.2) is 0 Å². The van der Waals surface area contributed by atoms with E-state index in [0.29, 0.717) is 0 Å². The van der Waals surface area contributed by atoms with Gasteiger partial charge in [-0.05, 0) is 23.8 Å². The van der Waals surface area contributed by atoms with Crippen molar-refractivity contribution >= 4 is 25.9 Å². The van der Waals surface area contributed by atoms with E-state index in [1.54, 1.807) is 11.8 Å². The van der Waals surface area contributed by atoms with Crippen LogP contribution < -0.4 is 0 Å². The molecule has 0 aliphatic heterocycles. The summed E-state index contributed by atoms with van der Waals surface area (Å²) in [6.45, 7) is 6.81. The molecule has 0 heterocycles. The van der Waals surface area contributed by atoms with Crippen molar-refractivity contribution in [2.75, 3.05) is 0 Å². The maximum Gasteiger partial charge on any atom is 0.129 e. The van der Waals surface area contributed by atoms with Crippen LogP contribution in [0.1, 0.15) is 5.56 Å². The third-order valence-electron chi connectivity index (χ3n) is 2.63. The van der Waals surface area contributed by atoms with E-state index in [0.717, 1.165) is 4.91 Å². The summed E-state index contributed by atoms with van der Waals surface area (Å²) >= 11 is 1.73. The molecule has 0 radical (unpaired) electrons. The van der Waals surface area contributed by atoms with E-state index in [2.05, 4.69) is 85.7 Å². The molecule has 0 atom stereocenters. The van der Waals surface area contributed by atoms with Gasteiger partial charge in [0.25, 0.3) is 0 Å². The minimum Gasteiger partial charge on any atom is -0.126 e. The minimum absolute atomic E-state index is 1.11. The van der Waals surface area contributed by atoms with Gasteiger partial charge in [0.1, 0.15) is 8.07 Å². The zero-order valence-corrected chi connectivity index (χ0v) is 14.6. The molecule has 0 unspecified atom stereocenters. The van der Waals surface area contributed by atoms with Crippen LogP contribution in [0.3, 0.4) is 0 Å². The Hall–Kier alpha value is -1.69. The highest BCUT2D eigenvalue weighted by Crippen LogP contribution is 2.27. The Morgan fingerprint density at radius 3 is 2.05 bits per heavy atom. The topological polar surface area (TPSA) is 0 Å². The summed E-state index contributed by atoms with van der Waals surface area (Å²) in [5, 5.41) is 0. The van der Waals surface area contributed by atoms with Crippen LogP contribution in [0.25, 0.3) is 6.08 Å². The Labute approximate surface area is 133 Å². The highest BCUT2D eigenvalue weighted by Gasteiger charge is 2.08. The first kappa shape index (κ1) is 15.7. The van der Waals surface area contributed by atoms with Crippen molar-refractivity contribution in [2.24, 2.45) is 0 Å². The Balaban J connectivity index is 2.30. The Kier molecular flexibility index (Phi) is 5.49. The predicted octanol–water partition coefficient (Wildman–Crippen LogP) is 5.70. The fraction of sp³-hybridized carbons (Fsp3) is 0.158. The van der Waals surface area contributed by atoms with E-state index in [4.69, 9.17) is 0 Å². The highest BCUT2D eigenvalue weighted by molar-refractivity contribution is 8.03. The smallest absolute Gasteiger partial charge is 0.126 e. The molecule has 0 aliphatic rings. The third kappa shape index (κ3) is 6.08. The van der Waals surface area contributed by atoms with Gasteiger partial charge in [-0.3, -0.25) is 0 Å². The molecule has 21 heavy (non-hydrogen) atoms. The summed E-state index contributed by atoms with van der Waals surface area (Å²) in [4.78, 5) is 2.33. The second-order valence-corrected chi connectivity index (χ2v) is 11.7. The van der Waals surface area contributed by atoms with E-state index < -0.39 is 8.07 Å². The van der Waals surface area contributed by atoms with Crippen molar-refractivity contribution in [1.29, 1.82) is 0 Å². The third-order valence-corrected chi connectivity index (χ3v) is 4.45. The molecule has 2 heteroatoms. The van der Waals surface area contributed by atoms with Gasteiger partial charge in [-0.2, -0.15) is 0 Å². The van der Waals surface area contributed by atoms with E-state index in [9.17, 15) is 0 Å². The lowest BCUT2D eigenvalue weighted by Crippen LogP contribution is -2.16. The van der Waals surface area contributed by atoms with Crippen molar-refractivity contribution in [3.63, 3.8) is 0 Å². The molecule has 106 valence electrons. The molecule has 0 saturated heterocycles. The normalized spacial score (nSPS) is 11.7. The van der Waals surface area contributed by atoms with E-state index in [-0.39, 0.29) is 0 Å². The molecule has 0 N–H and O–H groups in total. The zero-order valence-electron chi connectivity index (χ0n) is 12.8. The Bertz CT molecular complexity index is 655. The highest BCUT2D eigenvalue weighted by atomic mass is 32.2. The van der Waals surface area contributed by atoms with E-state index in [1.807, 2.05) is 12.1 Å². The summed E-state index contributed by atoms with van der Waals surface area (Å²) < 4.78 is 0. The maximum atomic E-state index is 3.46. The van der Waals surface area contributed by atoms with Crippen molar-refractivity contribution in [3.05, 3.63) is 71.1 Å². The van der Waals surface area contributed by atoms with Gasteiger partial charge in [0, 0.05) is 4.90 Å². The van der Waals surface area contributed by atoms with E-state index >= 15 is 0 Å². The maximum absolute atomic E-state index is 3.46. The molecule has 0 aliphatic carbocycles. The van der Waals surface area contributed by atoms with Gasteiger partial charge in [0.2, 0.25) is 0 Å². The number of hydrogen-bond acceptors (Lipinski definition) is 1. The lowest BCUT2D eigenvalue weighted by atomic mass is 10.2. The number of allylic oxidation sites excluding steroid dienone is 1. The number of benzene rings is 2. The Morgan fingerprint density at radius 1 is 0.905 bits per heavy atom. The number of hydrogen-bond donors (Lipinski definition) is 0. The molecule has 2 aromatic rings. The molecule has 2 aromatic carbocycles. The first-order chi connectivity index (χ1) is 10.0. The van der Waals surface area contributed by atoms with Gasteiger partial charge < -0.3 is 0 Å². The van der Waals surface area contributed by atoms with Gasteiger partial charge in [0.15, 0.2) is 0 Å². The second kappa shape index (κ2) is 7.35. The molecular weight excluding hydrogens is 288 g/mol. The first-order valence-corrected chi connectivity index (χ1v) is 11.4. The fourth-order valence-electron chi connectivity index (χ4n) is 1.66. The van der Waals surface area contributed by atoms with Crippen LogP contribution in [-0.2, 0) is 0 Å². The standard InChI is InChI=1S/C19H20SSi/c1-21(2,3)15-14-19(16-17-10-6-4-7-11-17)20-18-12-8-5-9-13-18/h4-13,16H,1-3H3/b19-16-. The molecule has 0 amide bonds. The fourth-order valence-corrected chi connectivity index (χ4v) is 3.10. The van der Waals surface area contributed by atoms with Crippen LogP contribution in [-0.4, -0.2) is 8.07 Å². The molecule has 2 rings (SSSR count). The van der Waals surface area contributed by atoms with Crippen LogP contribution in [0.5, 0.6) is 0 Å². The quantitative estimate of drug-likeness (QED) is 0.398. The molecule has 0 fully saturated rings. The monoisotopic (exact) mass is 308 g/mol. The van der Waals surface area contributed by atoms with Crippen molar-refractivity contribution in [1.82, 2.24) is 0 Å². The summed E-state index contributed by atoms with van der Waals surface area (Å²) in [6.07, 6.45) is 2.17. The van der Waals surface area contributed by atoms with E-state index in [1.165, 1.54) is 10.5 Å². The molecule has 0 bridgehead atoms. The van der Waals surface area contributed by atoms with Gasteiger partial charge in [-0.1, -0.05) is 85.9 Å².